The number of aliphatic carboxylic acids is 1. The van der Waals surface area contributed by atoms with Crippen molar-refractivity contribution >= 4 is 22.8 Å². The molecule has 1 unspecified atom stereocenters. The first-order chi connectivity index (χ1) is 8.61. The van der Waals surface area contributed by atoms with Gasteiger partial charge in [0.2, 0.25) is 0 Å². The minimum absolute atomic E-state index is 0.361. The summed E-state index contributed by atoms with van der Waals surface area (Å²) in [5.41, 5.74) is 2.44. The maximum absolute atomic E-state index is 11.0. The summed E-state index contributed by atoms with van der Waals surface area (Å²) >= 11 is 0. The van der Waals surface area contributed by atoms with E-state index >= 15 is 0 Å². The summed E-state index contributed by atoms with van der Waals surface area (Å²) in [6.45, 7) is 2.36. The summed E-state index contributed by atoms with van der Waals surface area (Å²) in [6, 6.07) is 5.66. The molecule has 0 amide bonds. The standard InChI is InChI=1S/C13H16N2O3/c1-3-9(13(16)17)7-15(2)10-4-5-11-12(6-10)18-8-14-11/h4-6,8-9H,3,7H2,1-2H3,(H,16,17). The van der Waals surface area contributed by atoms with Crippen LogP contribution in [0.4, 0.5) is 5.69 Å². The maximum atomic E-state index is 11.0. The molecule has 5 nitrogen and oxygen atoms in total. The van der Waals surface area contributed by atoms with Crippen LogP contribution in [-0.4, -0.2) is 29.7 Å². The van der Waals surface area contributed by atoms with E-state index in [0.717, 1.165) is 11.2 Å². The summed E-state index contributed by atoms with van der Waals surface area (Å²) in [6.07, 6.45) is 2.02. The van der Waals surface area contributed by atoms with Crippen LogP contribution in [0.1, 0.15) is 13.3 Å². The molecule has 5 heteroatoms. The van der Waals surface area contributed by atoms with Crippen molar-refractivity contribution in [3.05, 3.63) is 24.6 Å². The Morgan fingerprint density at radius 1 is 1.56 bits per heavy atom. The highest BCUT2D eigenvalue weighted by Crippen LogP contribution is 2.21. The fourth-order valence-corrected chi connectivity index (χ4v) is 1.90. The van der Waals surface area contributed by atoms with Crippen molar-refractivity contribution in [2.24, 2.45) is 5.92 Å². The van der Waals surface area contributed by atoms with Gasteiger partial charge in [-0.15, -0.1) is 0 Å². The van der Waals surface area contributed by atoms with Crippen LogP contribution in [0.3, 0.4) is 0 Å². The predicted octanol–water partition coefficient (Wildman–Crippen LogP) is 2.37. The third-order valence-corrected chi connectivity index (χ3v) is 3.09. The molecule has 1 aromatic heterocycles. The Hall–Kier alpha value is -2.04. The molecule has 0 saturated carbocycles. The molecule has 0 aliphatic carbocycles. The molecule has 1 atom stereocenters. The summed E-state index contributed by atoms with van der Waals surface area (Å²) in [7, 11) is 1.88. The van der Waals surface area contributed by atoms with Crippen LogP contribution in [0, 0.1) is 5.92 Å². The molecule has 0 saturated heterocycles. The number of carboxylic acids is 1. The molecule has 18 heavy (non-hydrogen) atoms. The van der Waals surface area contributed by atoms with Crippen LogP contribution >= 0.6 is 0 Å². The first kappa shape index (κ1) is 12.4. The number of carbonyl (C=O) groups is 1. The average Bonchev–Trinajstić information content (AvgIpc) is 2.82. The quantitative estimate of drug-likeness (QED) is 0.879. The fourth-order valence-electron chi connectivity index (χ4n) is 1.90. The molecule has 96 valence electrons. The molecule has 0 aliphatic heterocycles. The van der Waals surface area contributed by atoms with E-state index in [9.17, 15) is 4.79 Å². The molecule has 1 aromatic carbocycles. The smallest absolute Gasteiger partial charge is 0.308 e. The van der Waals surface area contributed by atoms with E-state index in [2.05, 4.69) is 4.98 Å². The maximum Gasteiger partial charge on any atom is 0.308 e. The van der Waals surface area contributed by atoms with Gasteiger partial charge in [0.15, 0.2) is 12.0 Å². The van der Waals surface area contributed by atoms with E-state index in [-0.39, 0.29) is 5.92 Å². The van der Waals surface area contributed by atoms with E-state index in [1.807, 2.05) is 37.1 Å². The second-order valence-electron chi connectivity index (χ2n) is 4.33. The Bertz CT molecular complexity index is 550. The molecule has 1 N–H and O–H groups in total. The summed E-state index contributed by atoms with van der Waals surface area (Å²) in [5, 5.41) is 9.05. The molecule has 2 rings (SSSR count). The van der Waals surface area contributed by atoms with Crippen molar-refractivity contribution in [3.8, 4) is 0 Å². The molecular weight excluding hydrogens is 232 g/mol. The van der Waals surface area contributed by atoms with E-state index in [1.54, 1.807) is 0 Å². The lowest BCUT2D eigenvalue weighted by Crippen LogP contribution is -2.29. The highest BCUT2D eigenvalue weighted by molar-refractivity contribution is 5.77. The SMILES string of the molecule is CCC(CN(C)c1ccc2ncoc2c1)C(=O)O. The van der Waals surface area contributed by atoms with Gasteiger partial charge in [0.1, 0.15) is 5.52 Å². The normalized spacial score (nSPS) is 12.6. The molecule has 1 heterocycles. The van der Waals surface area contributed by atoms with E-state index in [0.29, 0.717) is 18.5 Å². The van der Waals surface area contributed by atoms with Crippen molar-refractivity contribution < 1.29 is 14.3 Å². The average molecular weight is 248 g/mol. The minimum atomic E-state index is -0.759. The lowest BCUT2D eigenvalue weighted by atomic mass is 10.1. The van der Waals surface area contributed by atoms with Crippen LogP contribution in [0.2, 0.25) is 0 Å². The number of aromatic nitrogens is 1. The Kier molecular flexibility index (Phi) is 3.50. The molecular formula is C13H16N2O3. The van der Waals surface area contributed by atoms with Gasteiger partial charge in [-0.25, -0.2) is 4.98 Å². The second-order valence-corrected chi connectivity index (χ2v) is 4.33. The molecule has 0 spiro atoms. The van der Waals surface area contributed by atoms with Gasteiger partial charge in [-0.2, -0.15) is 0 Å². The van der Waals surface area contributed by atoms with E-state index in [4.69, 9.17) is 9.52 Å². The number of hydrogen-bond acceptors (Lipinski definition) is 4. The summed E-state index contributed by atoms with van der Waals surface area (Å²) in [4.78, 5) is 17.0. The van der Waals surface area contributed by atoms with Gasteiger partial charge in [-0.05, 0) is 18.6 Å². The van der Waals surface area contributed by atoms with Gasteiger partial charge in [-0.1, -0.05) is 6.92 Å². The Morgan fingerprint density at radius 3 is 3.00 bits per heavy atom. The molecule has 0 radical (unpaired) electrons. The van der Waals surface area contributed by atoms with Crippen LogP contribution < -0.4 is 4.90 Å². The Labute approximate surface area is 105 Å². The van der Waals surface area contributed by atoms with Gasteiger partial charge in [-0.3, -0.25) is 4.79 Å². The second kappa shape index (κ2) is 5.08. The van der Waals surface area contributed by atoms with Crippen molar-refractivity contribution in [2.75, 3.05) is 18.5 Å². The van der Waals surface area contributed by atoms with Gasteiger partial charge in [0, 0.05) is 25.3 Å². The first-order valence-electron chi connectivity index (χ1n) is 5.89. The number of oxazole rings is 1. The molecule has 0 fully saturated rings. The monoisotopic (exact) mass is 248 g/mol. The number of anilines is 1. The number of hydrogen-bond donors (Lipinski definition) is 1. The third kappa shape index (κ3) is 2.45. The van der Waals surface area contributed by atoms with E-state index in [1.165, 1.54) is 6.39 Å². The highest BCUT2D eigenvalue weighted by Gasteiger charge is 2.17. The van der Waals surface area contributed by atoms with Crippen molar-refractivity contribution in [1.82, 2.24) is 4.98 Å². The van der Waals surface area contributed by atoms with Crippen LogP contribution in [0.15, 0.2) is 29.0 Å². The predicted molar refractivity (Wildman–Crippen MR) is 68.7 cm³/mol. The molecule has 0 bridgehead atoms. The van der Waals surface area contributed by atoms with Crippen LogP contribution in [0.25, 0.3) is 11.1 Å². The Balaban J connectivity index is 2.16. The summed E-state index contributed by atoms with van der Waals surface area (Å²) in [5.74, 6) is -1.12. The van der Waals surface area contributed by atoms with Gasteiger partial charge in [0.25, 0.3) is 0 Å². The van der Waals surface area contributed by atoms with Crippen molar-refractivity contribution in [3.63, 3.8) is 0 Å². The first-order valence-corrected chi connectivity index (χ1v) is 5.89. The van der Waals surface area contributed by atoms with Crippen LogP contribution in [0.5, 0.6) is 0 Å². The Morgan fingerprint density at radius 2 is 2.33 bits per heavy atom. The third-order valence-electron chi connectivity index (χ3n) is 3.09. The van der Waals surface area contributed by atoms with Gasteiger partial charge < -0.3 is 14.4 Å². The topological polar surface area (TPSA) is 66.6 Å². The zero-order valence-electron chi connectivity index (χ0n) is 10.5. The number of benzene rings is 1. The van der Waals surface area contributed by atoms with Gasteiger partial charge >= 0.3 is 5.97 Å². The fraction of sp³-hybridized carbons (Fsp3) is 0.385. The number of rotatable bonds is 5. The largest absolute Gasteiger partial charge is 0.481 e. The highest BCUT2D eigenvalue weighted by atomic mass is 16.4. The summed E-state index contributed by atoms with van der Waals surface area (Å²) < 4.78 is 5.23. The van der Waals surface area contributed by atoms with E-state index < -0.39 is 5.97 Å². The van der Waals surface area contributed by atoms with Crippen LogP contribution in [-0.2, 0) is 4.79 Å². The number of carboxylic acid groups (broad SMARTS) is 1. The molecule has 0 aliphatic rings. The zero-order valence-corrected chi connectivity index (χ0v) is 10.5. The lowest BCUT2D eigenvalue weighted by Gasteiger charge is -2.22. The molecule has 2 aromatic rings. The zero-order chi connectivity index (χ0) is 13.1. The van der Waals surface area contributed by atoms with Gasteiger partial charge in [0.05, 0.1) is 5.92 Å². The number of nitrogens with zero attached hydrogens (tertiary/aromatic N) is 2. The number of fused-ring (bicyclic) bond motifs is 1. The van der Waals surface area contributed by atoms with Crippen molar-refractivity contribution in [1.29, 1.82) is 0 Å². The lowest BCUT2D eigenvalue weighted by molar-refractivity contribution is -0.141. The minimum Gasteiger partial charge on any atom is -0.481 e. The van der Waals surface area contributed by atoms with Crippen molar-refractivity contribution in [2.45, 2.75) is 13.3 Å².